The van der Waals surface area contributed by atoms with Crippen molar-refractivity contribution in [3.8, 4) is 5.75 Å². The maximum absolute atomic E-state index is 13.0. The SMILES string of the molecule is CC(C(=O)Nc1cc(Cl)ccc1Cl)N1C(=O)C(C)(C)Oc2ccc(C(=O)O)cc21. The summed E-state index contributed by atoms with van der Waals surface area (Å²) < 4.78 is 5.73. The number of carboxylic acid groups (broad SMARTS) is 1. The van der Waals surface area contributed by atoms with Gasteiger partial charge in [0.1, 0.15) is 11.8 Å². The van der Waals surface area contributed by atoms with Gasteiger partial charge in [0, 0.05) is 5.02 Å². The fraction of sp³-hybridized carbons (Fsp3) is 0.250. The first-order chi connectivity index (χ1) is 13.5. The van der Waals surface area contributed by atoms with Gasteiger partial charge >= 0.3 is 5.97 Å². The van der Waals surface area contributed by atoms with Crippen LogP contribution in [-0.2, 0) is 9.59 Å². The zero-order chi connectivity index (χ0) is 21.5. The van der Waals surface area contributed by atoms with Crippen LogP contribution >= 0.6 is 23.2 Å². The number of carboxylic acids is 1. The third-order valence-electron chi connectivity index (χ3n) is 4.52. The van der Waals surface area contributed by atoms with Crippen molar-refractivity contribution in [2.45, 2.75) is 32.4 Å². The Bertz CT molecular complexity index is 1020. The van der Waals surface area contributed by atoms with Gasteiger partial charge in [-0.2, -0.15) is 0 Å². The Morgan fingerprint density at radius 2 is 1.86 bits per heavy atom. The van der Waals surface area contributed by atoms with Crippen molar-refractivity contribution < 1.29 is 24.2 Å². The predicted molar refractivity (Wildman–Crippen MR) is 110 cm³/mol. The van der Waals surface area contributed by atoms with Gasteiger partial charge in [-0.15, -0.1) is 0 Å². The summed E-state index contributed by atoms with van der Waals surface area (Å²) in [6.45, 7) is 4.69. The van der Waals surface area contributed by atoms with E-state index in [0.717, 1.165) is 0 Å². The van der Waals surface area contributed by atoms with Gasteiger partial charge in [0.2, 0.25) is 5.91 Å². The van der Waals surface area contributed by atoms with Crippen molar-refractivity contribution in [2.24, 2.45) is 0 Å². The number of halogens is 2. The van der Waals surface area contributed by atoms with Gasteiger partial charge in [-0.25, -0.2) is 4.79 Å². The van der Waals surface area contributed by atoms with Crippen LogP contribution in [0.4, 0.5) is 11.4 Å². The Kier molecular flexibility index (Phi) is 5.47. The maximum Gasteiger partial charge on any atom is 0.335 e. The van der Waals surface area contributed by atoms with Crippen molar-refractivity contribution in [3.63, 3.8) is 0 Å². The summed E-state index contributed by atoms with van der Waals surface area (Å²) in [5.74, 6) is -1.85. The van der Waals surface area contributed by atoms with Crippen molar-refractivity contribution in [3.05, 3.63) is 52.0 Å². The lowest BCUT2D eigenvalue weighted by molar-refractivity contribution is -0.134. The van der Waals surface area contributed by atoms with Crippen LogP contribution in [0.15, 0.2) is 36.4 Å². The zero-order valence-corrected chi connectivity index (χ0v) is 17.3. The van der Waals surface area contributed by atoms with Gasteiger partial charge in [-0.1, -0.05) is 23.2 Å². The lowest BCUT2D eigenvalue weighted by Crippen LogP contribution is -2.58. The number of rotatable bonds is 4. The number of nitrogens with one attached hydrogen (secondary N) is 1. The Hall–Kier alpha value is -2.77. The number of carbonyl (C=O) groups is 3. The highest BCUT2D eigenvalue weighted by molar-refractivity contribution is 6.35. The third kappa shape index (κ3) is 4.02. The highest BCUT2D eigenvalue weighted by atomic mass is 35.5. The predicted octanol–water partition coefficient (Wildman–Crippen LogP) is 4.22. The lowest BCUT2D eigenvalue weighted by Gasteiger charge is -2.41. The number of hydrogen-bond acceptors (Lipinski definition) is 4. The standard InChI is InChI=1S/C20H18Cl2N2O5/c1-10(17(25)23-14-9-12(21)5-6-13(14)22)24-15-8-11(18(26)27)4-7-16(15)29-20(2,3)19(24)28/h4-10H,1-3H3,(H,23,25)(H,26,27). The molecule has 0 aliphatic carbocycles. The smallest absolute Gasteiger partial charge is 0.335 e. The number of nitrogens with zero attached hydrogens (tertiary/aromatic N) is 1. The number of benzene rings is 2. The van der Waals surface area contributed by atoms with E-state index in [2.05, 4.69) is 5.32 Å². The summed E-state index contributed by atoms with van der Waals surface area (Å²) >= 11 is 12.1. The molecule has 2 N–H and O–H groups in total. The van der Waals surface area contributed by atoms with Gasteiger partial charge in [-0.3, -0.25) is 14.5 Å². The van der Waals surface area contributed by atoms with Crippen LogP contribution in [0.25, 0.3) is 0 Å². The van der Waals surface area contributed by atoms with Crippen LogP contribution in [-0.4, -0.2) is 34.5 Å². The molecule has 0 fully saturated rings. The Morgan fingerprint density at radius 1 is 1.17 bits per heavy atom. The summed E-state index contributed by atoms with van der Waals surface area (Å²) in [6.07, 6.45) is 0. The second kappa shape index (κ2) is 7.57. The van der Waals surface area contributed by atoms with Gasteiger partial charge < -0.3 is 15.2 Å². The molecule has 1 atom stereocenters. The quantitative estimate of drug-likeness (QED) is 0.747. The van der Waals surface area contributed by atoms with Crippen LogP contribution in [0.5, 0.6) is 5.75 Å². The number of carbonyl (C=O) groups excluding carboxylic acids is 2. The van der Waals surface area contributed by atoms with Crippen LogP contribution in [0, 0.1) is 0 Å². The van der Waals surface area contributed by atoms with Gasteiger partial charge in [-0.05, 0) is 57.2 Å². The van der Waals surface area contributed by atoms with E-state index in [1.807, 2.05) is 0 Å². The second-order valence-electron chi connectivity index (χ2n) is 7.06. The van der Waals surface area contributed by atoms with Crippen molar-refractivity contribution in [1.29, 1.82) is 0 Å². The largest absolute Gasteiger partial charge is 0.478 e. The summed E-state index contributed by atoms with van der Waals surface area (Å²) in [5.41, 5.74) is -0.764. The number of anilines is 2. The molecule has 3 rings (SSSR count). The molecule has 9 heteroatoms. The van der Waals surface area contributed by atoms with E-state index in [4.69, 9.17) is 27.9 Å². The van der Waals surface area contributed by atoms with E-state index in [9.17, 15) is 19.5 Å². The Balaban J connectivity index is 2.00. The number of fused-ring (bicyclic) bond motifs is 1. The minimum absolute atomic E-state index is 0.0321. The van der Waals surface area contributed by atoms with E-state index in [-0.39, 0.29) is 16.3 Å². The van der Waals surface area contributed by atoms with E-state index >= 15 is 0 Å². The normalized spacial score (nSPS) is 15.9. The molecule has 2 amide bonds. The Labute approximate surface area is 177 Å². The molecule has 1 aliphatic heterocycles. The van der Waals surface area contributed by atoms with Crippen LogP contribution in [0.3, 0.4) is 0 Å². The first-order valence-corrected chi connectivity index (χ1v) is 9.43. The molecule has 2 aromatic rings. The average Bonchev–Trinajstić information content (AvgIpc) is 2.64. The molecule has 0 saturated heterocycles. The molecule has 1 aliphatic rings. The fourth-order valence-electron chi connectivity index (χ4n) is 2.98. The van der Waals surface area contributed by atoms with E-state index < -0.39 is 29.4 Å². The molecule has 1 heterocycles. The molecule has 0 radical (unpaired) electrons. The molecule has 0 aromatic heterocycles. The number of ether oxygens (including phenoxy) is 1. The molecule has 152 valence electrons. The summed E-state index contributed by atoms with van der Waals surface area (Å²) in [7, 11) is 0. The number of amides is 2. The minimum Gasteiger partial charge on any atom is -0.478 e. The lowest BCUT2D eigenvalue weighted by atomic mass is 10.0. The van der Waals surface area contributed by atoms with Gasteiger partial charge in [0.05, 0.1) is 22.0 Å². The van der Waals surface area contributed by atoms with Gasteiger partial charge in [0.25, 0.3) is 5.91 Å². The summed E-state index contributed by atoms with van der Waals surface area (Å²) in [5, 5.41) is 12.6. The molecule has 29 heavy (non-hydrogen) atoms. The van der Waals surface area contributed by atoms with Crippen molar-refractivity contribution in [2.75, 3.05) is 10.2 Å². The zero-order valence-electron chi connectivity index (χ0n) is 15.8. The van der Waals surface area contributed by atoms with E-state index in [1.165, 1.54) is 36.1 Å². The van der Waals surface area contributed by atoms with E-state index in [0.29, 0.717) is 16.5 Å². The summed E-state index contributed by atoms with van der Waals surface area (Å²) in [4.78, 5) is 38.5. The molecule has 0 bridgehead atoms. The summed E-state index contributed by atoms with van der Waals surface area (Å²) in [6, 6.07) is 7.79. The number of aromatic carboxylic acids is 1. The van der Waals surface area contributed by atoms with E-state index in [1.54, 1.807) is 26.0 Å². The maximum atomic E-state index is 13.0. The molecular weight excluding hydrogens is 419 g/mol. The monoisotopic (exact) mass is 436 g/mol. The third-order valence-corrected chi connectivity index (χ3v) is 5.08. The molecule has 0 saturated carbocycles. The minimum atomic E-state index is -1.24. The fourth-order valence-corrected chi connectivity index (χ4v) is 3.31. The highest BCUT2D eigenvalue weighted by Crippen LogP contribution is 2.40. The first-order valence-electron chi connectivity index (χ1n) is 8.67. The average molecular weight is 437 g/mol. The molecule has 0 spiro atoms. The van der Waals surface area contributed by atoms with Crippen molar-refractivity contribution >= 4 is 52.4 Å². The molecule has 1 unspecified atom stereocenters. The van der Waals surface area contributed by atoms with Crippen LogP contribution in [0.2, 0.25) is 10.0 Å². The Morgan fingerprint density at radius 3 is 2.52 bits per heavy atom. The molecule has 2 aromatic carbocycles. The molecule has 7 nitrogen and oxygen atoms in total. The van der Waals surface area contributed by atoms with Crippen molar-refractivity contribution in [1.82, 2.24) is 0 Å². The highest BCUT2D eigenvalue weighted by Gasteiger charge is 2.44. The topological polar surface area (TPSA) is 95.9 Å². The second-order valence-corrected chi connectivity index (χ2v) is 7.91. The number of hydrogen-bond donors (Lipinski definition) is 2. The van der Waals surface area contributed by atoms with Crippen LogP contribution in [0.1, 0.15) is 31.1 Å². The van der Waals surface area contributed by atoms with Crippen LogP contribution < -0.4 is 15.0 Å². The first kappa shape index (κ1) is 21.0. The van der Waals surface area contributed by atoms with Gasteiger partial charge in [0.15, 0.2) is 5.60 Å². The molecular formula is C20H18Cl2N2O5.